The predicted molar refractivity (Wildman–Crippen MR) is 229 cm³/mol. The first-order valence-electron chi connectivity index (χ1n) is 18.7. The summed E-state index contributed by atoms with van der Waals surface area (Å²) in [6.07, 6.45) is 0. The summed E-state index contributed by atoms with van der Waals surface area (Å²) in [6, 6.07) is 72.8. The van der Waals surface area contributed by atoms with Crippen LogP contribution in [0.3, 0.4) is 0 Å². The predicted octanol–water partition coefficient (Wildman–Crippen LogP) is 9.91. The SMILES string of the molecule is C[I-]Cc1ccc(-c2ccc(N(c3ccccc3)c3ccc(-n4nc5ccc(N(c6ccccc6)c6ccc(-c7ccccc7)cc6)cc5n4)cc3)cc2)cc1. The Kier molecular flexibility index (Phi) is 10.1. The summed E-state index contributed by atoms with van der Waals surface area (Å²) < 4.78 is 1.22. The standard InChI is InChI=1S/C50H39IN5/c1-51-36-37-17-19-39(20-18-37)41-23-25-44(26-24-41)54(42-13-7-3-8-14-42)46-29-31-47(32-30-46)56-52-49-34-33-48(35-50(49)53-56)55(43-15-9-4-10-16-43)45-27-21-40(22-28-45)38-11-5-2-6-12-38/h2-35H,36H2,1H3/q-1. The number of nitrogens with zero attached hydrogens (tertiary/aromatic N) is 5. The molecule has 0 amide bonds. The molecular formula is C50H39IN5-. The van der Waals surface area contributed by atoms with Crippen molar-refractivity contribution in [2.24, 2.45) is 0 Å². The van der Waals surface area contributed by atoms with Gasteiger partial charge in [0, 0.05) is 17.1 Å². The van der Waals surface area contributed by atoms with Crippen LogP contribution in [0.4, 0.5) is 34.1 Å². The van der Waals surface area contributed by atoms with Crippen LogP contribution in [0.2, 0.25) is 0 Å². The fraction of sp³-hybridized carbons (Fsp3) is 0.0400. The molecule has 272 valence electrons. The van der Waals surface area contributed by atoms with Gasteiger partial charge in [0.05, 0.1) is 5.69 Å². The number of benzene rings is 8. The zero-order valence-corrected chi connectivity index (χ0v) is 33.1. The Morgan fingerprint density at radius 3 is 1.30 bits per heavy atom. The fourth-order valence-electron chi connectivity index (χ4n) is 7.12. The molecule has 8 aromatic carbocycles. The topological polar surface area (TPSA) is 37.2 Å². The summed E-state index contributed by atoms with van der Waals surface area (Å²) in [6.45, 7) is 0. The van der Waals surface area contributed by atoms with Gasteiger partial charge in [-0.1, -0.05) is 78.9 Å². The third-order valence-corrected chi connectivity index (χ3v) is 11.6. The first-order chi connectivity index (χ1) is 27.7. The van der Waals surface area contributed by atoms with E-state index in [1.54, 1.807) is 4.80 Å². The molecule has 0 fully saturated rings. The van der Waals surface area contributed by atoms with E-state index in [9.17, 15) is 0 Å². The number of aromatic nitrogens is 3. The van der Waals surface area contributed by atoms with Gasteiger partial charge >= 0.3 is 142 Å². The van der Waals surface area contributed by atoms with Gasteiger partial charge in [0.25, 0.3) is 0 Å². The zero-order valence-electron chi connectivity index (χ0n) is 31.0. The molecule has 9 aromatic rings. The van der Waals surface area contributed by atoms with Gasteiger partial charge in [0.15, 0.2) is 0 Å². The molecule has 6 heteroatoms. The van der Waals surface area contributed by atoms with Crippen molar-refractivity contribution in [2.75, 3.05) is 14.7 Å². The van der Waals surface area contributed by atoms with Crippen LogP contribution in [-0.2, 0) is 4.43 Å². The third-order valence-electron chi connectivity index (χ3n) is 9.92. The molecule has 0 aliphatic heterocycles. The molecule has 0 N–H and O–H groups in total. The molecule has 0 atom stereocenters. The van der Waals surface area contributed by atoms with E-state index < -0.39 is 0 Å². The molecule has 0 aliphatic rings. The normalized spacial score (nSPS) is 11.2. The van der Waals surface area contributed by atoms with Crippen LogP contribution in [0.1, 0.15) is 5.56 Å². The van der Waals surface area contributed by atoms with Crippen LogP contribution < -0.4 is 31.0 Å². The van der Waals surface area contributed by atoms with Crippen molar-refractivity contribution in [3.63, 3.8) is 0 Å². The molecule has 1 aromatic heterocycles. The van der Waals surface area contributed by atoms with Crippen molar-refractivity contribution in [1.82, 2.24) is 15.0 Å². The number of rotatable bonds is 11. The van der Waals surface area contributed by atoms with Gasteiger partial charge in [0.1, 0.15) is 11.0 Å². The molecule has 0 spiro atoms. The Hall–Kier alpha value is -6.51. The van der Waals surface area contributed by atoms with Gasteiger partial charge in [0.2, 0.25) is 0 Å². The van der Waals surface area contributed by atoms with Gasteiger partial charge in [-0.05, 0) is 65.7 Å². The Bertz CT molecular complexity index is 2660. The number of para-hydroxylation sites is 2. The molecule has 9 rings (SSSR count). The molecule has 0 radical (unpaired) electrons. The van der Waals surface area contributed by atoms with Crippen LogP contribution in [0.15, 0.2) is 206 Å². The van der Waals surface area contributed by atoms with Crippen molar-refractivity contribution < 1.29 is 21.2 Å². The quantitative estimate of drug-likeness (QED) is 0.0961. The molecule has 1 heterocycles. The number of hydrogen-bond acceptors (Lipinski definition) is 4. The van der Waals surface area contributed by atoms with Crippen LogP contribution in [0.5, 0.6) is 0 Å². The summed E-state index contributed by atoms with van der Waals surface area (Å²) in [4.78, 5) is 8.61. The van der Waals surface area contributed by atoms with Gasteiger partial charge in [-0.25, -0.2) is 0 Å². The monoisotopic (exact) mass is 836 g/mol. The second-order valence-electron chi connectivity index (χ2n) is 13.6. The van der Waals surface area contributed by atoms with Crippen molar-refractivity contribution in [3.8, 4) is 27.9 Å². The van der Waals surface area contributed by atoms with Crippen molar-refractivity contribution in [1.29, 1.82) is 0 Å². The van der Waals surface area contributed by atoms with Gasteiger partial charge in [-0.3, -0.25) is 0 Å². The summed E-state index contributed by atoms with van der Waals surface area (Å²) >= 11 is 0.245. The number of anilines is 6. The Morgan fingerprint density at radius 1 is 0.393 bits per heavy atom. The Morgan fingerprint density at radius 2 is 0.786 bits per heavy atom. The maximum absolute atomic E-state index is 4.98. The van der Waals surface area contributed by atoms with Gasteiger partial charge in [-0.2, -0.15) is 4.80 Å². The number of hydrogen-bond donors (Lipinski definition) is 0. The molecule has 0 aliphatic carbocycles. The van der Waals surface area contributed by atoms with Crippen molar-refractivity contribution in [3.05, 3.63) is 212 Å². The van der Waals surface area contributed by atoms with E-state index >= 15 is 0 Å². The van der Waals surface area contributed by atoms with E-state index in [0.717, 1.165) is 50.8 Å². The van der Waals surface area contributed by atoms with E-state index in [1.807, 2.05) is 12.1 Å². The molecule has 5 nitrogen and oxygen atoms in total. The average molecular weight is 837 g/mol. The van der Waals surface area contributed by atoms with Crippen LogP contribution in [-0.4, -0.2) is 19.9 Å². The van der Waals surface area contributed by atoms with Crippen LogP contribution >= 0.6 is 0 Å². The molecule has 0 unspecified atom stereocenters. The van der Waals surface area contributed by atoms with Crippen molar-refractivity contribution in [2.45, 2.75) is 4.43 Å². The Balaban J connectivity index is 1.00. The Labute approximate surface area is 338 Å². The van der Waals surface area contributed by atoms with E-state index in [1.165, 1.54) is 32.2 Å². The van der Waals surface area contributed by atoms with Gasteiger partial charge < -0.3 is 4.90 Å². The number of alkyl halides is 2. The molecule has 56 heavy (non-hydrogen) atoms. The summed E-state index contributed by atoms with van der Waals surface area (Å²) in [5.74, 6) is 0. The molecule has 0 saturated heterocycles. The van der Waals surface area contributed by atoms with Crippen LogP contribution in [0.25, 0.3) is 39.0 Å². The van der Waals surface area contributed by atoms with E-state index in [4.69, 9.17) is 10.2 Å². The average Bonchev–Trinajstić information content (AvgIpc) is 3.70. The molecule has 0 bridgehead atoms. The fourth-order valence-corrected chi connectivity index (χ4v) is 8.51. The second kappa shape index (κ2) is 16.1. The number of fused-ring (bicyclic) bond motifs is 1. The summed E-state index contributed by atoms with van der Waals surface area (Å²) in [5.41, 5.74) is 15.2. The molecule has 0 saturated carbocycles. The molecular weight excluding hydrogens is 797 g/mol. The van der Waals surface area contributed by atoms with Crippen molar-refractivity contribution >= 4 is 45.2 Å². The van der Waals surface area contributed by atoms with E-state index in [0.29, 0.717) is 0 Å². The first kappa shape index (κ1) is 35.2. The minimum atomic E-state index is 0.245. The second-order valence-corrected chi connectivity index (χ2v) is 15.9. The summed E-state index contributed by atoms with van der Waals surface area (Å²) in [7, 11) is 0. The first-order valence-corrected chi connectivity index (χ1v) is 22.3. The van der Waals surface area contributed by atoms with E-state index in [-0.39, 0.29) is 21.2 Å². The number of halogens is 1. The zero-order chi connectivity index (χ0) is 37.7. The minimum absolute atomic E-state index is 0.245. The maximum atomic E-state index is 4.98. The van der Waals surface area contributed by atoms with E-state index in [2.05, 4.69) is 209 Å². The third kappa shape index (κ3) is 7.44. The van der Waals surface area contributed by atoms with Crippen LogP contribution in [0, 0.1) is 0 Å². The van der Waals surface area contributed by atoms with Gasteiger partial charge in [-0.15, -0.1) is 10.2 Å². The summed E-state index contributed by atoms with van der Waals surface area (Å²) in [5, 5.41) is 9.87.